The van der Waals surface area contributed by atoms with Gasteiger partial charge < -0.3 is 5.32 Å². The van der Waals surface area contributed by atoms with Gasteiger partial charge in [-0.25, -0.2) is 0 Å². The lowest BCUT2D eigenvalue weighted by Crippen LogP contribution is -2.70. The number of alkyl halides is 2. The van der Waals surface area contributed by atoms with Crippen molar-refractivity contribution in [1.82, 2.24) is 20.0 Å². The van der Waals surface area contributed by atoms with Gasteiger partial charge in [0.1, 0.15) is 5.50 Å². The molecule has 0 aromatic heterocycles. The van der Waals surface area contributed by atoms with Crippen LogP contribution in [0, 0.1) is 5.41 Å². The van der Waals surface area contributed by atoms with Crippen LogP contribution in [0.5, 0.6) is 0 Å². The van der Waals surface area contributed by atoms with E-state index in [0.29, 0.717) is 0 Å². The molecular formula is C20H40Cl2N4. The van der Waals surface area contributed by atoms with Crippen LogP contribution < -0.4 is 5.32 Å². The van der Waals surface area contributed by atoms with Crippen LogP contribution in [0.1, 0.15) is 54.9 Å². The average molecular weight is 407 g/mol. The summed E-state index contributed by atoms with van der Waals surface area (Å²) < 4.78 is 0. The van der Waals surface area contributed by atoms with Gasteiger partial charge in [0.15, 0.2) is 0 Å². The number of nitrogens with zero attached hydrogens (tertiary/aromatic N) is 3. The predicted molar refractivity (Wildman–Crippen MR) is 114 cm³/mol. The van der Waals surface area contributed by atoms with Crippen molar-refractivity contribution in [2.75, 3.05) is 39.8 Å². The Hall–Kier alpha value is 0.420. The number of rotatable bonds is 0. The van der Waals surface area contributed by atoms with E-state index >= 15 is 0 Å². The van der Waals surface area contributed by atoms with Crippen molar-refractivity contribution in [3.63, 3.8) is 0 Å². The zero-order chi connectivity index (χ0) is 19.9. The molecule has 1 N–H and O–H groups in total. The van der Waals surface area contributed by atoms with E-state index in [4.69, 9.17) is 23.2 Å². The molecule has 2 aliphatic rings. The molecule has 2 heterocycles. The molecule has 0 aromatic carbocycles. The monoisotopic (exact) mass is 406 g/mol. The van der Waals surface area contributed by atoms with Gasteiger partial charge in [0.05, 0.1) is 5.50 Å². The highest BCUT2D eigenvalue weighted by molar-refractivity contribution is 6.23. The summed E-state index contributed by atoms with van der Waals surface area (Å²) >= 11 is 13.8. The molecular weight excluding hydrogens is 367 g/mol. The van der Waals surface area contributed by atoms with Crippen LogP contribution in [0.25, 0.3) is 0 Å². The van der Waals surface area contributed by atoms with Gasteiger partial charge in [0.25, 0.3) is 0 Å². The molecule has 0 aromatic rings. The minimum atomic E-state index is -0.111. The Kier molecular flexibility index (Phi) is 7.02. The Bertz CT molecular complexity index is 480. The fourth-order valence-corrected chi connectivity index (χ4v) is 5.39. The lowest BCUT2D eigenvalue weighted by molar-refractivity contribution is -0.109. The van der Waals surface area contributed by atoms with Gasteiger partial charge >= 0.3 is 0 Å². The molecule has 26 heavy (non-hydrogen) atoms. The average Bonchev–Trinajstić information content (AvgIpc) is 2.56. The largest absolute Gasteiger partial charge is 0.315 e. The zero-order valence-electron chi connectivity index (χ0n) is 18.1. The normalized spacial score (nSPS) is 41.5. The first kappa shape index (κ1) is 22.7. The second-order valence-corrected chi connectivity index (χ2v) is 10.6. The van der Waals surface area contributed by atoms with Gasteiger partial charge in [0, 0.05) is 48.7 Å². The van der Waals surface area contributed by atoms with E-state index in [1.54, 1.807) is 0 Å². The highest BCUT2D eigenvalue weighted by Crippen LogP contribution is 2.48. The maximum Gasteiger partial charge on any atom is 0.102 e. The van der Waals surface area contributed by atoms with Crippen molar-refractivity contribution in [1.29, 1.82) is 0 Å². The molecule has 5 unspecified atom stereocenters. The van der Waals surface area contributed by atoms with Crippen molar-refractivity contribution >= 4 is 23.2 Å². The van der Waals surface area contributed by atoms with Crippen LogP contribution >= 0.6 is 23.2 Å². The molecule has 5 atom stereocenters. The molecule has 6 heteroatoms. The minimum absolute atomic E-state index is 0.0258. The van der Waals surface area contributed by atoms with Gasteiger partial charge in [-0.05, 0) is 54.6 Å². The first-order valence-electron chi connectivity index (χ1n) is 10.1. The molecule has 2 rings (SSSR count). The van der Waals surface area contributed by atoms with E-state index in [-0.39, 0.29) is 33.5 Å². The SMILES string of the molecule is CC1C(Cl)N2CCN(CCNCCC2Cl)C(C)(C)C(C)(C)C(C)(C)N1C. The van der Waals surface area contributed by atoms with E-state index in [0.717, 1.165) is 39.1 Å². The quantitative estimate of drug-likeness (QED) is 0.489. The summed E-state index contributed by atoms with van der Waals surface area (Å²) in [5, 5.41) is 3.57. The van der Waals surface area contributed by atoms with Gasteiger partial charge in [-0.3, -0.25) is 14.7 Å². The lowest BCUT2D eigenvalue weighted by Gasteiger charge is -2.62. The second-order valence-electron chi connectivity index (χ2n) is 9.67. The topological polar surface area (TPSA) is 21.8 Å². The minimum Gasteiger partial charge on any atom is -0.315 e. The second kappa shape index (κ2) is 8.04. The van der Waals surface area contributed by atoms with Crippen molar-refractivity contribution in [2.24, 2.45) is 5.41 Å². The summed E-state index contributed by atoms with van der Waals surface area (Å²) in [6.07, 6.45) is 0.916. The van der Waals surface area contributed by atoms with Crippen LogP contribution in [-0.2, 0) is 0 Å². The van der Waals surface area contributed by atoms with Crippen LogP contribution in [0.4, 0.5) is 0 Å². The van der Waals surface area contributed by atoms with Crippen LogP contribution in [-0.4, -0.2) is 82.6 Å². The van der Waals surface area contributed by atoms with Crippen molar-refractivity contribution in [2.45, 2.75) is 83.0 Å². The fraction of sp³-hybridized carbons (Fsp3) is 1.00. The molecule has 0 radical (unpaired) electrons. The Morgan fingerprint density at radius 3 is 2.12 bits per heavy atom. The fourth-order valence-electron chi connectivity index (χ4n) is 4.61. The number of nitrogens with one attached hydrogen (secondary N) is 1. The Balaban J connectivity index is 2.55. The first-order chi connectivity index (χ1) is 11.9. The standard InChI is InChI=1S/C20H40Cl2N4/c1-15-17(22)26-14-13-25(12-11-23-10-9-16(26)21)20(6,7)18(2,3)19(4,5)24(15)8/h15-17,23H,9-14H2,1-8H3. The van der Waals surface area contributed by atoms with Gasteiger partial charge in [-0.1, -0.05) is 13.8 Å². The molecule has 2 bridgehead atoms. The predicted octanol–water partition coefficient (Wildman–Crippen LogP) is 3.63. The molecule has 0 amide bonds. The third-order valence-corrected chi connectivity index (χ3v) is 9.25. The van der Waals surface area contributed by atoms with E-state index < -0.39 is 0 Å². The molecule has 0 spiro atoms. The number of hydrogen-bond acceptors (Lipinski definition) is 4. The first-order valence-corrected chi connectivity index (χ1v) is 11.0. The van der Waals surface area contributed by atoms with E-state index in [2.05, 4.69) is 75.5 Å². The smallest absolute Gasteiger partial charge is 0.102 e. The summed E-state index contributed by atoms with van der Waals surface area (Å²) in [6.45, 7) is 21.5. The molecule has 4 nitrogen and oxygen atoms in total. The molecule has 2 fully saturated rings. The zero-order valence-corrected chi connectivity index (χ0v) is 19.6. The summed E-state index contributed by atoms with van der Waals surface area (Å²) in [6, 6.07) is 0.199. The highest BCUT2D eigenvalue weighted by Gasteiger charge is 2.54. The van der Waals surface area contributed by atoms with E-state index in [1.807, 2.05) is 0 Å². The Morgan fingerprint density at radius 1 is 0.885 bits per heavy atom. The van der Waals surface area contributed by atoms with Crippen LogP contribution in [0.2, 0.25) is 0 Å². The molecule has 2 saturated heterocycles. The number of hydrogen-bond donors (Lipinski definition) is 1. The maximum atomic E-state index is 7.02. The Morgan fingerprint density at radius 2 is 1.50 bits per heavy atom. The van der Waals surface area contributed by atoms with E-state index in [9.17, 15) is 0 Å². The van der Waals surface area contributed by atoms with Crippen molar-refractivity contribution in [3.8, 4) is 0 Å². The molecule has 0 aliphatic carbocycles. The summed E-state index contributed by atoms with van der Waals surface area (Å²) in [5.41, 5.74) is -0.118. The maximum absolute atomic E-state index is 7.02. The summed E-state index contributed by atoms with van der Waals surface area (Å²) in [4.78, 5) is 7.41. The lowest BCUT2D eigenvalue weighted by atomic mass is 9.61. The van der Waals surface area contributed by atoms with Gasteiger partial charge in [-0.15, -0.1) is 23.2 Å². The number of fused-ring (bicyclic) bond motifs is 3. The summed E-state index contributed by atoms with van der Waals surface area (Å²) in [7, 11) is 2.22. The third kappa shape index (κ3) is 3.79. The summed E-state index contributed by atoms with van der Waals surface area (Å²) in [5.74, 6) is 0. The van der Waals surface area contributed by atoms with Gasteiger partial charge in [0.2, 0.25) is 0 Å². The van der Waals surface area contributed by atoms with Gasteiger partial charge in [-0.2, -0.15) is 0 Å². The van der Waals surface area contributed by atoms with Crippen LogP contribution in [0.15, 0.2) is 0 Å². The highest BCUT2D eigenvalue weighted by atomic mass is 35.5. The number of halogens is 2. The molecule has 0 saturated carbocycles. The molecule has 154 valence electrons. The van der Waals surface area contributed by atoms with Crippen LogP contribution in [0.3, 0.4) is 0 Å². The number of likely N-dealkylation sites (N-methyl/N-ethyl adjacent to an activating group) is 1. The Labute approximate surface area is 171 Å². The third-order valence-electron chi connectivity index (χ3n) is 8.16. The molecule has 2 aliphatic heterocycles. The van der Waals surface area contributed by atoms with E-state index in [1.165, 1.54) is 0 Å². The van der Waals surface area contributed by atoms with Crippen molar-refractivity contribution in [3.05, 3.63) is 0 Å². The van der Waals surface area contributed by atoms with Crippen molar-refractivity contribution < 1.29 is 0 Å².